The second-order valence-electron chi connectivity index (χ2n) is 9.98. The average molecular weight is 499 g/mol. The van der Waals surface area contributed by atoms with Gasteiger partial charge in [-0.05, 0) is 63.8 Å². The molecule has 3 aromatic rings. The molecular weight excluding hydrogens is 464 g/mol. The molecule has 0 spiro atoms. The molecule has 0 amide bonds. The number of phenols is 1. The number of para-hydroxylation sites is 1. The molecule has 0 radical (unpaired) electrons. The van der Waals surface area contributed by atoms with Gasteiger partial charge in [0.05, 0.1) is 17.9 Å². The average Bonchev–Trinajstić information content (AvgIpc) is 3.09. The second-order valence-corrected chi connectivity index (χ2v) is 9.98. The third-order valence-corrected chi connectivity index (χ3v) is 7.49. The molecule has 2 aliphatic rings. The third-order valence-electron chi connectivity index (χ3n) is 7.49. The van der Waals surface area contributed by atoms with Crippen LogP contribution in [0.2, 0.25) is 0 Å². The molecule has 9 heteroatoms. The first-order chi connectivity index (χ1) is 17.9. The highest BCUT2D eigenvalue weighted by Gasteiger charge is 2.30. The van der Waals surface area contributed by atoms with Crippen molar-refractivity contribution in [2.75, 3.05) is 41.7 Å². The maximum atomic E-state index is 10.3. The lowest BCUT2D eigenvalue weighted by atomic mass is 9.96. The molecule has 0 aliphatic carbocycles. The van der Waals surface area contributed by atoms with Gasteiger partial charge in [-0.1, -0.05) is 18.1 Å². The number of nitrogen functional groups attached to an aromatic ring is 1. The Morgan fingerprint density at radius 3 is 2.62 bits per heavy atom. The summed E-state index contributed by atoms with van der Waals surface area (Å²) in [7, 11) is 0. The van der Waals surface area contributed by atoms with Gasteiger partial charge in [0.1, 0.15) is 11.6 Å². The highest BCUT2D eigenvalue weighted by atomic mass is 16.3. The number of aromatic hydroxyl groups is 1. The lowest BCUT2D eigenvalue weighted by Gasteiger charge is -2.44. The van der Waals surface area contributed by atoms with Crippen molar-refractivity contribution in [1.82, 2.24) is 25.1 Å². The number of benzene rings is 1. The largest absolute Gasteiger partial charge is 0.507 e. The highest BCUT2D eigenvalue weighted by molar-refractivity contribution is 5.74. The van der Waals surface area contributed by atoms with Crippen LogP contribution in [0.25, 0.3) is 11.3 Å². The van der Waals surface area contributed by atoms with Gasteiger partial charge in [-0.15, -0.1) is 10.2 Å². The van der Waals surface area contributed by atoms with Crippen LogP contribution in [-0.2, 0) is 0 Å². The number of aromatic nitrogens is 4. The Kier molecular flexibility index (Phi) is 7.10. The van der Waals surface area contributed by atoms with Gasteiger partial charge in [0.25, 0.3) is 0 Å². The monoisotopic (exact) mass is 498 g/mol. The summed E-state index contributed by atoms with van der Waals surface area (Å²) < 4.78 is 0. The first-order valence-corrected chi connectivity index (χ1v) is 12.9. The molecule has 9 nitrogen and oxygen atoms in total. The van der Waals surface area contributed by atoms with E-state index in [0.29, 0.717) is 35.0 Å². The van der Waals surface area contributed by atoms with Crippen molar-refractivity contribution in [2.24, 2.45) is 0 Å². The van der Waals surface area contributed by atoms with Crippen LogP contribution in [0, 0.1) is 11.8 Å². The number of phenolic OH excluding ortho intramolecular Hbond substituents is 1. The normalized spacial score (nSPS) is 22.1. The van der Waals surface area contributed by atoms with Crippen LogP contribution < -0.4 is 15.5 Å². The molecule has 0 unspecified atom stereocenters. The van der Waals surface area contributed by atoms with Crippen LogP contribution in [0.4, 0.5) is 17.3 Å². The number of likely N-dealkylation sites (tertiary alicyclic amines) is 1. The van der Waals surface area contributed by atoms with E-state index in [2.05, 4.69) is 62.5 Å². The third kappa shape index (κ3) is 5.30. The fraction of sp³-hybridized carbons (Fsp3) is 0.429. The van der Waals surface area contributed by atoms with Crippen LogP contribution in [-0.4, -0.2) is 74.5 Å². The molecular formula is C28H34N8O. The minimum absolute atomic E-state index is 0.166. The maximum Gasteiger partial charge on any atom is 0.206 e. The summed E-state index contributed by atoms with van der Waals surface area (Å²) in [5.74, 6) is 8.40. The number of hydrogen-bond donors (Lipinski definition) is 2. The van der Waals surface area contributed by atoms with Gasteiger partial charge >= 0.3 is 0 Å². The zero-order valence-electron chi connectivity index (χ0n) is 21.7. The van der Waals surface area contributed by atoms with E-state index in [9.17, 15) is 5.11 Å². The van der Waals surface area contributed by atoms with E-state index in [4.69, 9.17) is 10.7 Å². The zero-order chi connectivity index (χ0) is 25.9. The Hall–Kier alpha value is -3.90. The van der Waals surface area contributed by atoms with Crippen molar-refractivity contribution < 1.29 is 5.11 Å². The fourth-order valence-corrected chi connectivity index (χ4v) is 5.26. The SMILES string of the molecule is C[C@H]1CCN(c2cc(-c3ccccc3O)nnc2N)CCN1c1ccnc(C#CCN2[C@@H](C)C[C@@H]2C)n1. The molecule has 192 valence electrons. The summed E-state index contributed by atoms with van der Waals surface area (Å²) in [5, 5.41) is 18.7. The Labute approximate surface area is 218 Å². The molecule has 37 heavy (non-hydrogen) atoms. The molecule has 4 heterocycles. The zero-order valence-corrected chi connectivity index (χ0v) is 21.7. The minimum Gasteiger partial charge on any atom is -0.507 e. The molecule has 2 aliphatic heterocycles. The molecule has 2 saturated heterocycles. The highest BCUT2D eigenvalue weighted by Crippen LogP contribution is 2.32. The standard InChI is InChI=1S/C28H34N8O/c1-19-11-14-34(24-18-23(32-33-28(24)29)22-7-4-5-8-25(22)37)15-16-36(19)27-10-12-30-26(31-27)9-6-13-35-20(2)17-21(35)3/h4-5,7-8,10,12,18-21,37H,11,13-17H2,1-3H3,(H2,29,33)/t19-,20-,21-/m0/s1. The van der Waals surface area contributed by atoms with Gasteiger partial charge in [-0.3, -0.25) is 4.90 Å². The number of nitrogens with two attached hydrogens (primary N) is 1. The number of rotatable bonds is 4. The molecule has 5 rings (SSSR count). The first-order valence-electron chi connectivity index (χ1n) is 12.9. The minimum atomic E-state index is 0.166. The van der Waals surface area contributed by atoms with E-state index in [-0.39, 0.29) is 11.8 Å². The van der Waals surface area contributed by atoms with Crippen molar-refractivity contribution in [3.63, 3.8) is 0 Å². The second kappa shape index (κ2) is 10.6. The summed E-state index contributed by atoms with van der Waals surface area (Å²) in [6, 6.07) is 12.4. The number of nitrogens with zero attached hydrogens (tertiary/aromatic N) is 7. The summed E-state index contributed by atoms with van der Waals surface area (Å²) in [5.41, 5.74) is 8.31. The summed E-state index contributed by atoms with van der Waals surface area (Å²) in [4.78, 5) is 16.1. The summed E-state index contributed by atoms with van der Waals surface area (Å²) >= 11 is 0. The topological polar surface area (TPSA) is 108 Å². The van der Waals surface area contributed by atoms with Gasteiger partial charge in [-0.2, -0.15) is 0 Å². The molecule has 1 aromatic carbocycles. The van der Waals surface area contributed by atoms with Crippen LogP contribution in [0.15, 0.2) is 42.6 Å². The van der Waals surface area contributed by atoms with Gasteiger partial charge in [0.15, 0.2) is 5.82 Å². The number of anilines is 3. The molecule has 3 N–H and O–H groups in total. The van der Waals surface area contributed by atoms with E-state index in [0.717, 1.165) is 44.1 Å². The predicted octanol–water partition coefficient (Wildman–Crippen LogP) is 3.16. The lowest BCUT2D eigenvalue weighted by molar-refractivity contribution is 0.0540. The Morgan fingerprint density at radius 1 is 1.03 bits per heavy atom. The maximum absolute atomic E-state index is 10.3. The number of hydrogen-bond acceptors (Lipinski definition) is 9. The molecule has 3 atom stereocenters. The van der Waals surface area contributed by atoms with E-state index < -0.39 is 0 Å². The Morgan fingerprint density at radius 2 is 1.84 bits per heavy atom. The van der Waals surface area contributed by atoms with E-state index in [1.165, 1.54) is 6.42 Å². The van der Waals surface area contributed by atoms with Gasteiger partial charge in [-0.25, -0.2) is 9.97 Å². The van der Waals surface area contributed by atoms with Crippen molar-refractivity contribution >= 4 is 17.3 Å². The van der Waals surface area contributed by atoms with Crippen molar-refractivity contribution in [1.29, 1.82) is 0 Å². The molecule has 0 saturated carbocycles. The smallest absolute Gasteiger partial charge is 0.206 e. The Bertz CT molecular complexity index is 1310. The van der Waals surface area contributed by atoms with E-state index >= 15 is 0 Å². The molecule has 2 aromatic heterocycles. The fourth-order valence-electron chi connectivity index (χ4n) is 5.26. The van der Waals surface area contributed by atoms with E-state index in [1.807, 2.05) is 24.3 Å². The van der Waals surface area contributed by atoms with Gasteiger partial charge in [0.2, 0.25) is 5.82 Å². The van der Waals surface area contributed by atoms with E-state index in [1.54, 1.807) is 18.3 Å². The summed E-state index contributed by atoms with van der Waals surface area (Å²) in [6.07, 6.45) is 3.94. The predicted molar refractivity (Wildman–Crippen MR) is 146 cm³/mol. The van der Waals surface area contributed by atoms with Crippen molar-refractivity contribution in [2.45, 2.75) is 51.7 Å². The van der Waals surface area contributed by atoms with Crippen LogP contribution in [0.5, 0.6) is 5.75 Å². The van der Waals surface area contributed by atoms with Crippen molar-refractivity contribution in [3.05, 3.63) is 48.4 Å². The summed E-state index contributed by atoms with van der Waals surface area (Å²) in [6.45, 7) is 9.77. The van der Waals surface area contributed by atoms with Crippen molar-refractivity contribution in [3.8, 4) is 28.8 Å². The van der Waals surface area contributed by atoms with Crippen LogP contribution in [0.1, 0.15) is 39.4 Å². The lowest BCUT2D eigenvalue weighted by Crippen LogP contribution is -2.52. The molecule has 0 bridgehead atoms. The van der Waals surface area contributed by atoms with Crippen LogP contribution in [0.3, 0.4) is 0 Å². The van der Waals surface area contributed by atoms with Gasteiger partial charge < -0.3 is 20.6 Å². The quantitative estimate of drug-likeness (QED) is 0.525. The van der Waals surface area contributed by atoms with Gasteiger partial charge in [0, 0.05) is 49.5 Å². The Balaban J connectivity index is 1.31. The molecule has 2 fully saturated rings. The van der Waals surface area contributed by atoms with Crippen LogP contribution >= 0.6 is 0 Å². The first kappa shape index (κ1) is 24.8.